The van der Waals surface area contributed by atoms with Gasteiger partial charge in [-0.3, -0.25) is 9.89 Å². The molecule has 2 aromatic heterocycles. The number of pyridine rings is 1. The van der Waals surface area contributed by atoms with Crippen LogP contribution in [0.4, 0.5) is 11.4 Å². The van der Waals surface area contributed by atoms with Crippen LogP contribution in [0.5, 0.6) is 0 Å². The average molecular weight is 433 g/mol. The van der Waals surface area contributed by atoms with Gasteiger partial charge in [-0.25, -0.2) is 0 Å². The van der Waals surface area contributed by atoms with Crippen LogP contribution in [0.25, 0.3) is 21.8 Å². The maximum atomic E-state index is 13.3. The second kappa shape index (κ2) is 6.36. The van der Waals surface area contributed by atoms with Gasteiger partial charge in [0, 0.05) is 27.9 Å². The largest absolute Gasteiger partial charge is 0.354 e. The molecule has 5 nitrogen and oxygen atoms in total. The van der Waals surface area contributed by atoms with E-state index in [2.05, 4.69) is 20.5 Å². The maximum Gasteiger partial charge on any atom is 0.254 e. The number of benzene rings is 3. The van der Waals surface area contributed by atoms with Gasteiger partial charge in [0.15, 0.2) is 0 Å². The van der Waals surface area contributed by atoms with E-state index in [-0.39, 0.29) is 5.56 Å². The van der Waals surface area contributed by atoms with E-state index in [1.54, 1.807) is 12.3 Å². The van der Waals surface area contributed by atoms with Gasteiger partial charge in [0.1, 0.15) is 0 Å². The smallest absolute Gasteiger partial charge is 0.254 e. The van der Waals surface area contributed by atoms with Gasteiger partial charge in [-0.1, -0.05) is 53.5 Å². The van der Waals surface area contributed by atoms with Crippen molar-refractivity contribution in [1.82, 2.24) is 15.2 Å². The number of fused-ring (bicyclic) bond motifs is 6. The minimum Gasteiger partial charge on any atom is -0.354 e. The second-order valence-corrected chi connectivity index (χ2v) is 8.14. The molecule has 0 bridgehead atoms. The number of nitrogens with zero attached hydrogens (tertiary/aromatic N) is 1. The Morgan fingerprint density at radius 2 is 1.80 bits per heavy atom. The van der Waals surface area contributed by atoms with Crippen LogP contribution in [0.15, 0.2) is 65.6 Å². The Labute approximate surface area is 180 Å². The van der Waals surface area contributed by atoms with Gasteiger partial charge < -0.3 is 10.3 Å². The normalized spacial score (nSPS) is 15.1. The number of nitrogens with one attached hydrogen (secondary N) is 3. The number of H-pyrrole nitrogens is 2. The highest BCUT2D eigenvalue weighted by Gasteiger charge is 2.34. The number of halogens is 2. The molecule has 30 heavy (non-hydrogen) atoms. The molecular formula is C23H14Cl2N4O. The Balaban J connectivity index is 1.79. The van der Waals surface area contributed by atoms with Crippen molar-refractivity contribution in [1.29, 1.82) is 0 Å². The number of para-hydroxylation sites is 1. The first-order valence-corrected chi connectivity index (χ1v) is 10.2. The molecule has 6 rings (SSSR count). The SMILES string of the molecule is O=c1[nH]c2ccccc2c2c1C(c1cccc(Cl)c1Cl)c1c(ccc3cn[nH]c13)N2. The van der Waals surface area contributed by atoms with E-state index in [9.17, 15) is 4.79 Å². The van der Waals surface area contributed by atoms with E-state index >= 15 is 0 Å². The van der Waals surface area contributed by atoms with Crippen LogP contribution in [0.1, 0.15) is 22.6 Å². The van der Waals surface area contributed by atoms with E-state index in [0.717, 1.165) is 44.3 Å². The minimum absolute atomic E-state index is 0.167. The lowest BCUT2D eigenvalue weighted by Gasteiger charge is -2.31. The molecule has 146 valence electrons. The standard InChI is InChI=1S/C23H14Cl2N4O/c24-14-6-3-5-13(20(14)25)17-18-16(9-8-11-10-26-29-21(11)18)27-22-12-4-1-2-7-15(12)28-23(30)19(17)22/h1-10,17,27H,(H,26,29)(H,28,30). The molecule has 0 spiro atoms. The summed E-state index contributed by atoms with van der Waals surface area (Å²) in [5.74, 6) is -0.417. The van der Waals surface area contributed by atoms with Crippen LogP contribution in [0, 0.1) is 0 Å². The molecule has 0 radical (unpaired) electrons. The molecule has 0 aliphatic carbocycles. The zero-order valence-corrected chi connectivity index (χ0v) is 17.0. The Morgan fingerprint density at radius 1 is 0.933 bits per heavy atom. The molecule has 3 N–H and O–H groups in total. The summed E-state index contributed by atoms with van der Waals surface area (Å²) in [6.07, 6.45) is 1.77. The van der Waals surface area contributed by atoms with Gasteiger partial charge >= 0.3 is 0 Å². The molecule has 1 unspecified atom stereocenters. The zero-order valence-electron chi connectivity index (χ0n) is 15.5. The Hall–Kier alpha value is -3.28. The molecule has 1 atom stereocenters. The van der Waals surface area contributed by atoms with E-state index in [0.29, 0.717) is 15.6 Å². The molecule has 3 aromatic carbocycles. The molecule has 5 aromatic rings. The quantitative estimate of drug-likeness (QED) is 0.300. The van der Waals surface area contributed by atoms with E-state index in [1.807, 2.05) is 48.5 Å². The first-order chi connectivity index (χ1) is 14.6. The van der Waals surface area contributed by atoms with Gasteiger partial charge in [-0.05, 0) is 29.8 Å². The Kier molecular flexibility index (Phi) is 3.72. The fraction of sp³-hybridized carbons (Fsp3) is 0.0435. The highest BCUT2D eigenvalue weighted by Crippen LogP contribution is 2.49. The van der Waals surface area contributed by atoms with Gasteiger partial charge in [-0.15, -0.1) is 0 Å². The van der Waals surface area contributed by atoms with Crippen LogP contribution in [-0.4, -0.2) is 15.2 Å². The molecule has 0 saturated heterocycles. The number of aromatic amines is 2. The summed E-state index contributed by atoms with van der Waals surface area (Å²) in [5.41, 5.74) is 5.44. The summed E-state index contributed by atoms with van der Waals surface area (Å²) in [7, 11) is 0. The predicted molar refractivity (Wildman–Crippen MR) is 121 cm³/mol. The van der Waals surface area contributed by atoms with Crippen molar-refractivity contribution in [2.24, 2.45) is 0 Å². The maximum absolute atomic E-state index is 13.3. The summed E-state index contributed by atoms with van der Waals surface area (Å²) in [6.45, 7) is 0. The van der Waals surface area contributed by atoms with Crippen molar-refractivity contribution in [2.75, 3.05) is 5.32 Å². The summed E-state index contributed by atoms with van der Waals surface area (Å²) in [5, 5.41) is 13.6. The van der Waals surface area contributed by atoms with E-state index in [1.165, 1.54) is 0 Å². The highest BCUT2D eigenvalue weighted by molar-refractivity contribution is 6.42. The van der Waals surface area contributed by atoms with Crippen molar-refractivity contribution in [3.05, 3.63) is 97.9 Å². The highest BCUT2D eigenvalue weighted by atomic mass is 35.5. The first kappa shape index (κ1) is 17.6. The van der Waals surface area contributed by atoms with Crippen molar-refractivity contribution < 1.29 is 0 Å². The Morgan fingerprint density at radius 3 is 2.70 bits per heavy atom. The molecule has 1 aliphatic heterocycles. The number of aromatic nitrogens is 3. The third-order valence-corrected chi connectivity index (χ3v) is 6.58. The zero-order chi connectivity index (χ0) is 20.4. The average Bonchev–Trinajstić information content (AvgIpc) is 3.24. The number of anilines is 2. The molecule has 0 saturated carbocycles. The lowest BCUT2D eigenvalue weighted by Crippen LogP contribution is -2.25. The first-order valence-electron chi connectivity index (χ1n) is 9.45. The monoisotopic (exact) mass is 432 g/mol. The van der Waals surface area contributed by atoms with Crippen molar-refractivity contribution in [3.8, 4) is 0 Å². The van der Waals surface area contributed by atoms with Gasteiger partial charge in [0.2, 0.25) is 0 Å². The molecular weight excluding hydrogens is 419 g/mol. The Bertz CT molecular complexity index is 1540. The van der Waals surface area contributed by atoms with Crippen LogP contribution >= 0.6 is 23.2 Å². The van der Waals surface area contributed by atoms with Gasteiger partial charge in [0.05, 0.1) is 38.5 Å². The summed E-state index contributed by atoms with van der Waals surface area (Å²) in [4.78, 5) is 16.4. The fourth-order valence-corrected chi connectivity index (χ4v) is 4.86. The van der Waals surface area contributed by atoms with Crippen molar-refractivity contribution in [2.45, 2.75) is 5.92 Å². The summed E-state index contributed by atoms with van der Waals surface area (Å²) < 4.78 is 0. The number of hydrogen-bond donors (Lipinski definition) is 3. The van der Waals surface area contributed by atoms with Crippen LogP contribution in [-0.2, 0) is 0 Å². The lowest BCUT2D eigenvalue weighted by atomic mass is 9.80. The number of hydrogen-bond acceptors (Lipinski definition) is 3. The van der Waals surface area contributed by atoms with Gasteiger partial charge in [-0.2, -0.15) is 5.10 Å². The van der Waals surface area contributed by atoms with Crippen molar-refractivity contribution >= 4 is 56.4 Å². The van der Waals surface area contributed by atoms with E-state index < -0.39 is 5.92 Å². The second-order valence-electron chi connectivity index (χ2n) is 7.35. The predicted octanol–water partition coefficient (Wildman–Crippen LogP) is 5.95. The molecule has 0 amide bonds. The molecule has 1 aliphatic rings. The van der Waals surface area contributed by atoms with Crippen molar-refractivity contribution in [3.63, 3.8) is 0 Å². The minimum atomic E-state index is -0.417. The number of rotatable bonds is 1. The molecule has 7 heteroatoms. The lowest BCUT2D eigenvalue weighted by molar-refractivity contribution is 0.942. The third-order valence-electron chi connectivity index (χ3n) is 5.75. The summed E-state index contributed by atoms with van der Waals surface area (Å²) in [6, 6.07) is 17.3. The molecule has 0 fully saturated rings. The van der Waals surface area contributed by atoms with E-state index in [4.69, 9.17) is 23.2 Å². The van der Waals surface area contributed by atoms with Crippen LogP contribution < -0.4 is 10.9 Å². The molecule has 3 heterocycles. The third kappa shape index (κ3) is 2.36. The fourth-order valence-electron chi connectivity index (χ4n) is 4.45. The van der Waals surface area contributed by atoms with Crippen LogP contribution in [0.2, 0.25) is 10.0 Å². The van der Waals surface area contributed by atoms with Crippen LogP contribution in [0.3, 0.4) is 0 Å². The topological polar surface area (TPSA) is 73.6 Å². The van der Waals surface area contributed by atoms with Gasteiger partial charge in [0.25, 0.3) is 5.56 Å². The summed E-state index contributed by atoms with van der Waals surface area (Å²) >= 11 is 13.0.